The fraction of sp³-hybridized carbons (Fsp3) is 0.304. The first-order valence-corrected chi connectivity index (χ1v) is 11.9. The van der Waals surface area contributed by atoms with Crippen LogP contribution < -0.4 is 19.2 Å². The van der Waals surface area contributed by atoms with E-state index >= 15 is 0 Å². The number of amides is 1. The van der Waals surface area contributed by atoms with Gasteiger partial charge in [-0.2, -0.15) is 5.10 Å². The maximum atomic E-state index is 12.4. The van der Waals surface area contributed by atoms with Crippen LogP contribution in [0.5, 0.6) is 11.5 Å². The minimum atomic E-state index is -3.67. The molecule has 0 radical (unpaired) electrons. The van der Waals surface area contributed by atoms with E-state index in [1.165, 1.54) is 6.21 Å². The number of rotatable bonds is 11. The summed E-state index contributed by atoms with van der Waals surface area (Å²) in [6.45, 7) is 9.63. The zero-order valence-electron chi connectivity index (χ0n) is 18.8. The van der Waals surface area contributed by atoms with Crippen LogP contribution in [-0.4, -0.2) is 46.6 Å². The molecule has 0 spiro atoms. The van der Waals surface area contributed by atoms with Crippen molar-refractivity contribution in [1.82, 2.24) is 5.43 Å². The first kappa shape index (κ1) is 24.9. The summed E-state index contributed by atoms with van der Waals surface area (Å²) in [6, 6.07) is 10.6. The Balaban J connectivity index is 2.11. The highest BCUT2D eigenvalue weighted by Gasteiger charge is 2.21. The standard InChI is InChI=1S/C23H29N3O5S/c1-6-10-31-21-9-8-19(14-22(21)30-7-2)15-24-25-23(27)16-26(32(5,28)29)20-12-17(3)11-18(4)13-20/h6,8-9,11-15H,1,7,10,16H2,2-5H3,(H,25,27). The van der Waals surface area contributed by atoms with Gasteiger partial charge in [-0.15, -0.1) is 0 Å². The second-order valence-electron chi connectivity index (χ2n) is 7.15. The third kappa shape index (κ3) is 7.42. The van der Waals surface area contributed by atoms with Crippen molar-refractivity contribution in [1.29, 1.82) is 0 Å². The lowest BCUT2D eigenvalue weighted by Gasteiger charge is -2.22. The molecule has 0 aromatic heterocycles. The Bertz CT molecular complexity index is 1080. The number of aryl methyl sites for hydroxylation is 2. The van der Waals surface area contributed by atoms with Crippen LogP contribution in [0.1, 0.15) is 23.6 Å². The lowest BCUT2D eigenvalue weighted by atomic mass is 10.1. The van der Waals surface area contributed by atoms with Crippen molar-refractivity contribution in [2.24, 2.45) is 5.10 Å². The molecule has 2 aromatic rings. The average molecular weight is 460 g/mol. The van der Waals surface area contributed by atoms with Crippen molar-refractivity contribution in [3.05, 3.63) is 65.7 Å². The monoisotopic (exact) mass is 459 g/mol. The zero-order chi connectivity index (χ0) is 23.7. The SMILES string of the molecule is C=CCOc1ccc(C=NNC(=O)CN(c2cc(C)cc(C)c2)S(C)(=O)=O)cc1OCC. The van der Waals surface area contributed by atoms with Gasteiger partial charge in [-0.05, 0) is 67.8 Å². The van der Waals surface area contributed by atoms with E-state index in [1.54, 1.807) is 36.4 Å². The topological polar surface area (TPSA) is 97.3 Å². The fourth-order valence-corrected chi connectivity index (χ4v) is 3.82. The first-order chi connectivity index (χ1) is 15.1. The third-order valence-corrected chi connectivity index (χ3v) is 5.35. The van der Waals surface area contributed by atoms with Gasteiger partial charge in [-0.1, -0.05) is 18.7 Å². The molecule has 0 fully saturated rings. The number of nitrogens with one attached hydrogen (secondary N) is 1. The van der Waals surface area contributed by atoms with Gasteiger partial charge in [0.15, 0.2) is 11.5 Å². The maximum Gasteiger partial charge on any atom is 0.260 e. The summed E-state index contributed by atoms with van der Waals surface area (Å²) >= 11 is 0. The van der Waals surface area contributed by atoms with Crippen LogP contribution in [0.2, 0.25) is 0 Å². The minimum absolute atomic E-state index is 0.348. The Labute approximate surface area is 189 Å². The second-order valence-corrected chi connectivity index (χ2v) is 9.05. The Kier molecular flexibility index (Phi) is 8.83. The largest absolute Gasteiger partial charge is 0.490 e. The number of nitrogens with zero attached hydrogens (tertiary/aromatic N) is 2. The second kappa shape index (κ2) is 11.3. The zero-order valence-corrected chi connectivity index (χ0v) is 19.6. The summed E-state index contributed by atoms with van der Waals surface area (Å²) in [7, 11) is -3.67. The summed E-state index contributed by atoms with van der Waals surface area (Å²) in [5, 5.41) is 3.94. The molecule has 32 heavy (non-hydrogen) atoms. The maximum absolute atomic E-state index is 12.4. The van der Waals surface area contributed by atoms with E-state index in [1.807, 2.05) is 26.8 Å². The van der Waals surface area contributed by atoms with Crippen LogP contribution in [0.4, 0.5) is 5.69 Å². The van der Waals surface area contributed by atoms with Crippen LogP contribution in [0.15, 0.2) is 54.2 Å². The first-order valence-electron chi connectivity index (χ1n) is 10.0. The van der Waals surface area contributed by atoms with E-state index in [4.69, 9.17) is 9.47 Å². The summed E-state index contributed by atoms with van der Waals surface area (Å²) in [4.78, 5) is 12.4. The number of hydrogen-bond acceptors (Lipinski definition) is 6. The molecule has 0 heterocycles. The Morgan fingerprint density at radius 1 is 1.12 bits per heavy atom. The van der Waals surface area contributed by atoms with Crippen molar-refractivity contribution < 1.29 is 22.7 Å². The fourth-order valence-electron chi connectivity index (χ4n) is 2.98. The summed E-state index contributed by atoms with van der Waals surface area (Å²) in [5.74, 6) is 0.551. The van der Waals surface area contributed by atoms with E-state index < -0.39 is 22.5 Å². The summed E-state index contributed by atoms with van der Waals surface area (Å²) < 4.78 is 36.7. The predicted molar refractivity (Wildman–Crippen MR) is 127 cm³/mol. The predicted octanol–water partition coefficient (Wildman–Crippen LogP) is 3.18. The number of hydrazone groups is 1. The van der Waals surface area contributed by atoms with E-state index in [9.17, 15) is 13.2 Å². The molecule has 0 saturated heterocycles. The lowest BCUT2D eigenvalue weighted by Crippen LogP contribution is -2.39. The van der Waals surface area contributed by atoms with Crippen LogP contribution in [0.3, 0.4) is 0 Å². The molecule has 0 aliphatic carbocycles. The van der Waals surface area contributed by atoms with Crippen LogP contribution in [-0.2, 0) is 14.8 Å². The molecule has 0 unspecified atom stereocenters. The van der Waals surface area contributed by atoms with E-state index in [-0.39, 0.29) is 0 Å². The van der Waals surface area contributed by atoms with Gasteiger partial charge in [0, 0.05) is 0 Å². The third-order valence-electron chi connectivity index (χ3n) is 4.21. The van der Waals surface area contributed by atoms with Crippen LogP contribution in [0, 0.1) is 13.8 Å². The van der Waals surface area contributed by atoms with Crippen molar-refractivity contribution in [2.75, 3.05) is 30.3 Å². The van der Waals surface area contributed by atoms with E-state index in [0.29, 0.717) is 36.0 Å². The molecule has 9 heteroatoms. The molecule has 172 valence electrons. The minimum Gasteiger partial charge on any atom is -0.490 e. The van der Waals surface area contributed by atoms with Crippen molar-refractivity contribution in [3.63, 3.8) is 0 Å². The van der Waals surface area contributed by atoms with Gasteiger partial charge in [0.1, 0.15) is 13.2 Å². The average Bonchev–Trinajstić information content (AvgIpc) is 2.70. The van der Waals surface area contributed by atoms with Gasteiger partial charge in [-0.3, -0.25) is 9.10 Å². The van der Waals surface area contributed by atoms with E-state index in [2.05, 4.69) is 17.1 Å². The molecule has 8 nitrogen and oxygen atoms in total. The lowest BCUT2D eigenvalue weighted by molar-refractivity contribution is -0.119. The van der Waals surface area contributed by atoms with Gasteiger partial charge in [0.05, 0.1) is 24.8 Å². The number of carbonyl (C=O) groups excluding carboxylic acids is 1. The number of anilines is 1. The van der Waals surface area contributed by atoms with Gasteiger partial charge < -0.3 is 9.47 Å². The highest BCUT2D eigenvalue weighted by atomic mass is 32.2. The molecule has 0 atom stereocenters. The highest BCUT2D eigenvalue weighted by molar-refractivity contribution is 7.92. The van der Waals surface area contributed by atoms with Gasteiger partial charge in [-0.25, -0.2) is 13.8 Å². The smallest absolute Gasteiger partial charge is 0.260 e. The molecule has 0 aliphatic heterocycles. The van der Waals surface area contributed by atoms with Crippen molar-refractivity contribution >= 4 is 27.8 Å². The number of sulfonamides is 1. The number of ether oxygens (including phenoxy) is 2. The molecular formula is C23H29N3O5S. The molecule has 2 rings (SSSR count). The highest BCUT2D eigenvalue weighted by Crippen LogP contribution is 2.28. The molecule has 2 aromatic carbocycles. The molecule has 1 amide bonds. The van der Waals surface area contributed by atoms with Gasteiger partial charge >= 0.3 is 0 Å². The molecular weight excluding hydrogens is 430 g/mol. The number of carbonyl (C=O) groups is 1. The Hall–Kier alpha value is -3.33. The molecule has 1 N–H and O–H groups in total. The molecule has 0 aliphatic rings. The molecule has 0 bridgehead atoms. The quantitative estimate of drug-likeness (QED) is 0.316. The molecule has 0 saturated carbocycles. The Morgan fingerprint density at radius 3 is 2.41 bits per heavy atom. The number of benzene rings is 2. The van der Waals surface area contributed by atoms with Crippen LogP contribution >= 0.6 is 0 Å². The van der Waals surface area contributed by atoms with Crippen molar-refractivity contribution in [3.8, 4) is 11.5 Å². The van der Waals surface area contributed by atoms with Crippen molar-refractivity contribution in [2.45, 2.75) is 20.8 Å². The summed E-state index contributed by atoms with van der Waals surface area (Å²) in [5.41, 5.74) is 5.28. The normalized spacial score (nSPS) is 11.2. The Morgan fingerprint density at radius 2 is 1.81 bits per heavy atom. The number of hydrogen-bond donors (Lipinski definition) is 1. The van der Waals surface area contributed by atoms with E-state index in [0.717, 1.165) is 21.7 Å². The van der Waals surface area contributed by atoms with Crippen LogP contribution in [0.25, 0.3) is 0 Å². The summed E-state index contributed by atoms with van der Waals surface area (Å²) in [6.07, 6.45) is 4.14. The van der Waals surface area contributed by atoms with Gasteiger partial charge in [0.25, 0.3) is 5.91 Å². The van der Waals surface area contributed by atoms with Gasteiger partial charge in [0.2, 0.25) is 10.0 Å².